The van der Waals surface area contributed by atoms with Crippen LogP contribution in [0.2, 0.25) is 0 Å². The zero-order valence-corrected chi connectivity index (χ0v) is 19.8. The van der Waals surface area contributed by atoms with Gasteiger partial charge in [0.05, 0.1) is 17.9 Å². The quantitative estimate of drug-likeness (QED) is 0.355. The van der Waals surface area contributed by atoms with Gasteiger partial charge in [-0.05, 0) is 45.2 Å². The number of ether oxygens (including phenoxy) is 1. The van der Waals surface area contributed by atoms with Crippen LogP contribution in [0.15, 0.2) is 40.7 Å². The smallest absolute Gasteiger partial charge is 0.206 e. The molecular formula is C23H28N4O2S2. The van der Waals surface area contributed by atoms with E-state index in [-0.39, 0.29) is 17.9 Å². The van der Waals surface area contributed by atoms with Crippen molar-refractivity contribution in [1.82, 2.24) is 14.8 Å². The van der Waals surface area contributed by atoms with Gasteiger partial charge in [0.2, 0.25) is 5.13 Å². The molecule has 3 heterocycles. The minimum atomic E-state index is 0.119. The first kappa shape index (κ1) is 22.0. The Morgan fingerprint density at radius 2 is 2.13 bits per heavy atom. The number of carbonyl (C=O) groups excluding carboxylic acids is 1. The summed E-state index contributed by atoms with van der Waals surface area (Å²) in [5.74, 6) is 0.471. The van der Waals surface area contributed by atoms with E-state index in [4.69, 9.17) is 4.74 Å². The van der Waals surface area contributed by atoms with Crippen molar-refractivity contribution in [3.8, 4) is 0 Å². The standard InChI is InChI=1S/C23H28N4O2S2/c1-15-12-20(17(3)27(15)16(2)18-8-5-4-6-9-18)21(28)14-30-23-26-25-22(31-23)24-13-19-10-7-11-29-19/h4-6,8-9,12,16,19H,7,10-11,13-14H2,1-3H3,(H,24,25). The van der Waals surface area contributed by atoms with Crippen LogP contribution in [0.25, 0.3) is 0 Å². The zero-order chi connectivity index (χ0) is 21.8. The summed E-state index contributed by atoms with van der Waals surface area (Å²) >= 11 is 2.93. The molecule has 6 nitrogen and oxygen atoms in total. The van der Waals surface area contributed by atoms with Crippen LogP contribution in [-0.2, 0) is 4.74 Å². The summed E-state index contributed by atoms with van der Waals surface area (Å²) in [5, 5.41) is 12.5. The molecule has 1 aliphatic rings. The molecule has 0 saturated carbocycles. The molecule has 1 N–H and O–H groups in total. The molecule has 0 bridgehead atoms. The number of ketones is 1. The van der Waals surface area contributed by atoms with Crippen LogP contribution < -0.4 is 5.32 Å². The van der Waals surface area contributed by atoms with Gasteiger partial charge in [0.15, 0.2) is 10.1 Å². The van der Waals surface area contributed by atoms with Gasteiger partial charge in [-0.1, -0.05) is 53.4 Å². The van der Waals surface area contributed by atoms with E-state index in [1.54, 1.807) is 0 Å². The van der Waals surface area contributed by atoms with E-state index < -0.39 is 0 Å². The highest BCUT2D eigenvalue weighted by Gasteiger charge is 2.20. The molecule has 31 heavy (non-hydrogen) atoms. The largest absolute Gasteiger partial charge is 0.376 e. The minimum absolute atomic E-state index is 0.119. The van der Waals surface area contributed by atoms with E-state index in [9.17, 15) is 4.79 Å². The Morgan fingerprint density at radius 1 is 1.32 bits per heavy atom. The second-order valence-corrected chi connectivity index (χ2v) is 10.0. The maximum Gasteiger partial charge on any atom is 0.206 e. The predicted octanol–water partition coefficient (Wildman–Crippen LogP) is 5.13. The van der Waals surface area contributed by atoms with Crippen molar-refractivity contribution in [1.29, 1.82) is 0 Å². The molecule has 164 valence electrons. The van der Waals surface area contributed by atoms with Crippen molar-refractivity contribution in [2.45, 2.75) is 50.1 Å². The highest BCUT2D eigenvalue weighted by atomic mass is 32.2. The molecule has 0 aliphatic carbocycles. The van der Waals surface area contributed by atoms with Crippen LogP contribution in [0.1, 0.15) is 53.1 Å². The molecule has 1 saturated heterocycles. The topological polar surface area (TPSA) is 69.0 Å². The minimum Gasteiger partial charge on any atom is -0.376 e. The molecule has 8 heteroatoms. The van der Waals surface area contributed by atoms with Gasteiger partial charge in [-0.2, -0.15) is 0 Å². The van der Waals surface area contributed by atoms with E-state index in [1.165, 1.54) is 28.7 Å². The molecule has 2 aromatic heterocycles. The number of nitrogens with one attached hydrogen (secondary N) is 1. The van der Waals surface area contributed by atoms with Crippen molar-refractivity contribution in [3.05, 3.63) is 58.9 Å². The number of aryl methyl sites for hydroxylation is 1. The van der Waals surface area contributed by atoms with Gasteiger partial charge in [0, 0.05) is 30.1 Å². The Labute approximate surface area is 191 Å². The average molecular weight is 457 g/mol. The molecule has 2 atom stereocenters. The van der Waals surface area contributed by atoms with Crippen molar-refractivity contribution in [2.75, 3.05) is 24.2 Å². The van der Waals surface area contributed by atoms with E-state index in [0.717, 1.165) is 52.4 Å². The summed E-state index contributed by atoms with van der Waals surface area (Å²) in [7, 11) is 0. The Balaban J connectivity index is 1.37. The second kappa shape index (κ2) is 9.97. The first-order chi connectivity index (χ1) is 15.0. The van der Waals surface area contributed by atoms with Gasteiger partial charge in [-0.3, -0.25) is 4.79 Å². The number of Topliss-reactive ketones (excluding diaryl/α,β-unsaturated/α-hetero) is 1. The van der Waals surface area contributed by atoms with Crippen LogP contribution in [0.5, 0.6) is 0 Å². The van der Waals surface area contributed by atoms with Crippen LogP contribution >= 0.6 is 23.1 Å². The summed E-state index contributed by atoms with van der Waals surface area (Å²) in [5.41, 5.74) is 4.12. The first-order valence-corrected chi connectivity index (χ1v) is 12.4. The lowest BCUT2D eigenvalue weighted by Crippen LogP contribution is -2.18. The molecule has 0 spiro atoms. The van der Waals surface area contributed by atoms with Crippen molar-refractivity contribution in [3.63, 3.8) is 0 Å². The second-order valence-electron chi connectivity index (χ2n) is 7.84. The average Bonchev–Trinajstić information content (AvgIpc) is 3.52. The number of nitrogens with zero attached hydrogens (tertiary/aromatic N) is 3. The van der Waals surface area contributed by atoms with Crippen LogP contribution in [-0.4, -0.2) is 45.6 Å². The summed E-state index contributed by atoms with van der Waals surface area (Å²) < 4.78 is 8.66. The summed E-state index contributed by atoms with van der Waals surface area (Å²) in [6.45, 7) is 7.86. The molecule has 2 unspecified atom stereocenters. The van der Waals surface area contributed by atoms with Gasteiger partial charge in [0.1, 0.15) is 0 Å². The molecule has 0 amide bonds. The van der Waals surface area contributed by atoms with Gasteiger partial charge < -0.3 is 14.6 Å². The Morgan fingerprint density at radius 3 is 2.87 bits per heavy atom. The normalized spacial score (nSPS) is 17.1. The molecule has 4 rings (SSSR count). The highest BCUT2D eigenvalue weighted by Crippen LogP contribution is 2.29. The number of hydrogen-bond acceptors (Lipinski definition) is 7. The lowest BCUT2D eigenvalue weighted by molar-refractivity contribution is 0.102. The van der Waals surface area contributed by atoms with Gasteiger partial charge >= 0.3 is 0 Å². The molecule has 3 aromatic rings. The monoisotopic (exact) mass is 456 g/mol. The molecule has 0 radical (unpaired) electrons. The Bertz CT molecular complexity index is 1030. The number of benzene rings is 1. The number of thioether (sulfide) groups is 1. The van der Waals surface area contributed by atoms with Gasteiger partial charge in [-0.25, -0.2) is 0 Å². The maximum absolute atomic E-state index is 13.0. The van der Waals surface area contributed by atoms with E-state index >= 15 is 0 Å². The SMILES string of the molecule is Cc1cc(C(=O)CSc2nnc(NCC3CCCO3)s2)c(C)n1C(C)c1ccccc1. The van der Waals surface area contributed by atoms with E-state index in [0.29, 0.717) is 5.75 Å². The zero-order valence-electron chi connectivity index (χ0n) is 18.1. The van der Waals surface area contributed by atoms with Crippen molar-refractivity contribution in [2.24, 2.45) is 0 Å². The van der Waals surface area contributed by atoms with E-state index in [1.807, 2.05) is 19.1 Å². The predicted molar refractivity (Wildman–Crippen MR) is 127 cm³/mol. The molecule has 1 aliphatic heterocycles. The van der Waals surface area contributed by atoms with Crippen LogP contribution in [0.3, 0.4) is 0 Å². The van der Waals surface area contributed by atoms with E-state index in [2.05, 4.69) is 58.2 Å². The van der Waals surface area contributed by atoms with Crippen molar-refractivity contribution < 1.29 is 9.53 Å². The summed E-state index contributed by atoms with van der Waals surface area (Å²) in [6.07, 6.45) is 2.47. The Kier molecular flexibility index (Phi) is 7.09. The highest BCUT2D eigenvalue weighted by molar-refractivity contribution is 8.01. The summed E-state index contributed by atoms with van der Waals surface area (Å²) in [4.78, 5) is 13.0. The lowest BCUT2D eigenvalue weighted by Gasteiger charge is -2.19. The van der Waals surface area contributed by atoms with Crippen molar-refractivity contribution >= 4 is 34.0 Å². The third kappa shape index (κ3) is 5.19. The number of carbonyl (C=O) groups is 1. The lowest BCUT2D eigenvalue weighted by atomic mass is 10.1. The fourth-order valence-electron chi connectivity index (χ4n) is 4.09. The molecule has 1 fully saturated rings. The molecular weight excluding hydrogens is 428 g/mol. The van der Waals surface area contributed by atoms with Gasteiger partial charge in [-0.15, -0.1) is 10.2 Å². The number of rotatable bonds is 9. The molecule has 1 aromatic carbocycles. The first-order valence-electron chi connectivity index (χ1n) is 10.6. The van der Waals surface area contributed by atoms with Gasteiger partial charge in [0.25, 0.3) is 0 Å². The third-order valence-electron chi connectivity index (χ3n) is 5.69. The number of aromatic nitrogens is 3. The van der Waals surface area contributed by atoms with Crippen LogP contribution in [0.4, 0.5) is 5.13 Å². The maximum atomic E-state index is 13.0. The Hall–Kier alpha value is -2.16. The summed E-state index contributed by atoms with van der Waals surface area (Å²) in [6, 6.07) is 12.6. The van der Waals surface area contributed by atoms with Crippen LogP contribution in [0, 0.1) is 13.8 Å². The number of anilines is 1. The fraction of sp³-hybridized carbons (Fsp3) is 0.435. The fourth-order valence-corrected chi connectivity index (χ4v) is 5.73. The third-order valence-corrected chi connectivity index (χ3v) is 7.71. The number of hydrogen-bond donors (Lipinski definition) is 1.